The largest absolute Gasteiger partial charge is 0.487 e. The molecule has 0 radical (unpaired) electrons. The smallest absolute Gasteiger partial charge is 0.138 e. The predicted octanol–water partition coefficient (Wildman–Crippen LogP) is 3.08. The molecule has 1 aromatic heterocycles. The fourth-order valence-electron chi connectivity index (χ4n) is 2.18. The van der Waals surface area contributed by atoms with E-state index in [9.17, 15) is 0 Å². The van der Waals surface area contributed by atoms with Crippen LogP contribution in [0.2, 0.25) is 0 Å². The summed E-state index contributed by atoms with van der Waals surface area (Å²) in [7, 11) is 0. The molecule has 0 unspecified atom stereocenters. The number of pyridine rings is 1. The second-order valence-corrected chi connectivity index (χ2v) is 4.81. The molecule has 2 rings (SSSR count). The Labute approximate surface area is 113 Å². The zero-order chi connectivity index (χ0) is 13.8. The van der Waals surface area contributed by atoms with Crippen LogP contribution in [0, 0.1) is 20.8 Å². The van der Waals surface area contributed by atoms with E-state index < -0.39 is 0 Å². The summed E-state index contributed by atoms with van der Waals surface area (Å²) >= 11 is 0. The number of aliphatic hydroxyl groups is 1. The SMILES string of the molecule is Cc1cc(C)c(COc2ccc(CO)nc2)c(C)c1. The molecule has 3 heteroatoms. The van der Waals surface area contributed by atoms with Crippen molar-refractivity contribution in [2.45, 2.75) is 34.0 Å². The van der Waals surface area contributed by atoms with Crippen LogP contribution >= 0.6 is 0 Å². The van der Waals surface area contributed by atoms with Gasteiger partial charge in [0, 0.05) is 0 Å². The number of aliphatic hydroxyl groups excluding tert-OH is 1. The van der Waals surface area contributed by atoms with Gasteiger partial charge < -0.3 is 9.84 Å². The first kappa shape index (κ1) is 13.6. The Morgan fingerprint density at radius 3 is 2.32 bits per heavy atom. The summed E-state index contributed by atoms with van der Waals surface area (Å²) < 4.78 is 5.75. The van der Waals surface area contributed by atoms with Gasteiger partial charge in [0.15, 0.2) is 0 Å². The summed E-state index contributed by atoms with van der Waals surface area (Å²) in [6, 6.07) is 7.93. The second kappa shape index (κ2) is 5.85. The van der Waals surface area contributed by atoms with Gasteiger partial charge >= 0.3 is 0 Å². The normalized spacial score (nSPS) is 10.5. The van der Waals surface area contributed by atoms with Crippen LogP contribution in [0.15, 0.2) is 30.5 Å². The Bertz CT molecular complexity index is 538. The first-order valence-corrected chi connectivity index (χ1v) is 6.35. The van der Waals surface area contributed by atoms with Crippen molar-refractivity contribution in [1.29, 1.82) is 0 Å². The summed E-state index contributed by atoms with van der Waals surface area (Å²) in [4.78, 5) is 4.09. The highest BCUT2D eigenvalue weighted by Gasteiger charge is 2.05. The molecule has 0 atom stereocenters. The molecule has 0 bridgehead atoms. The maximum Gasteiger partial charge on any atom is 0.138 e. The van der Waals surface area contributed by atoms with Crippen LogP contribution in [-0.2, 0) is 13.2 Å². The van der Waals surface area contributed by atoms with Gasteiger partial charge in [0.05, 0.1) is 18.5 Å². The molecule has 0 saturated carbocycles. The predicted molar refractivity (Wildman–Crippen MR) is 75.1 cm³/mol. The van der Waals surface area contributed by atoms with Gasteiger partial charge in [0.25, 0.3) is 0 Å². The van der Waals surface area contributed by atoms with Crippen LogP contribution < -0.4 is 4.74 Å². The highest BCUT2D eigenvalue weighted by molar-refractivity contribution is 5.37. The first-order valence-electron chi connectivity index (χ1n) is 6.35. The van der Waals surface area contributed by atoms with E-state index in [1.807, 2.05) is 6.07 Å². The molecule has 100 valence electrons. The molecule has 0 aliphatic heterocycles. The van der Waals surface area contributed by atoms with Crippen molar-refractivity contribution < 1.29 is 9.84 Å². The zero-order valence-corrected chi connectivity index (χ0v) is 11.6. The summed E-state index contributed by atoms with van der Waals surface area (Å²) in [6.07, 6.45) is 1.64. The lowest BCUT2D eigenvalue weighted by molar-refractivity contribution is 0.275. The van der Waals surface area contributed by atoms with Gasteiger partial charge in [-0.05, 0) is 49.6 Å². The van der Waals surface area contributed by atoms with Gasteiger partial charge in [-0.3, -0.25) is 4.98 Å². The third-order valence-electron chi connectivity index (χ3n) is 3.18. The van der Waals surface area contributed by atoms with E-state index in [1.165, 1.54) is 22.3 Å². The maximum absolute atomic E-state index is 8.93. The third-order valence-corrected chi connectivity index (χ3v) is 3.18. The Morgan fingerprint density at radius 2 is 1.79 bits per heavy atom. The van der Waals surface area contributed by atoms with Gasteiger partial charge in [-0.15, -0.1) is 0 Å². The number of aryl methyl sites for hydroxylation is 3. The Kier molecular flexibility index (Phi) is 4.17. The van der Waals surface area contributed by atoms with Crippen molar-refractivity contribution in [2.75, 3.05) is 0 Å². The monoisotopic (exact) mass is 257 g/mol. The van der Waals surface area contributed by atoms with Crippen molar-refractivity contribution in [3.05, 3.63) is 58.4 Å². The number of rotatable bonds is 4. The van der Waals surface area contributed by atoms with Crippen molar-refractivity contribution in [2.24, 2.45) is 0 Å². The molecule has 0 aliphatic rings. The molecule has 2 aromatic rings. The number of hydrogen-bond donors (Lipinski definition) is 1. The van der Waals surface area contributed by atoms with Crippen molar-refractivity contribution in [1.82, 2.24) is 4.98 Å². The number of ether oxygens (including phenoxy) is 1. The molecule has 0 aliphatic carbocycles. The molecule has 0 amide bonds. The minimum absolute atomic E-state index is 0.0452. The Morgan fingerprint density at radius 1 is 1.11 bits per heavy atom. The number of nitrogens with zero attached hydrogens (tertiary/aromatic N) is 1. The van der Waals surface area contributed by atoms with E-state index in [0.717, 1.165) is 5.75 Å². The van der Waals surface area contributed by atoms with Gasteiger partial charge in [0.1, 0.15) is 12.4 Å². The molecule has 1 aromatic carbocycles. The van der Waals surface area contributed by atoms with E-state index in [4.69, 9.17) is 9.84 Å². The second-order valence-electron chi connectivity index (χ2n) is 4.81. The third kappa shape index (κ3) is 3.32. The lowest BCUT2D eigenvalue weighted by Crippen LogP contribution is -2.02. The van der Waals surface area contributed by atoms with Crippen molar-refractivity contribution in [3.63, 3.8) is 0 Å². The number of hydrogen-bond acceptors (Lipinski definition) is 3. The van der Waals surface area contributed by atoms with Crippen LogP contribution in [0.25, 0.3) is 0 Å². The van der Waals surface area contributed by atoms with E-state index in [-0.39, 0.29) is 6.61 Å². The van der Waals surface area contributed by atoms with Crippen molar-refractivity contribution in [3.8, 4) is 5.75 Å². The Hall–Kier alpha value is -1.87. The quantitative estimate of drug-likeness (QED) is 0.915. The molecule has 3 nitrogen and oxygen atoms in total. The fourth-order valence-corrected chi connectivity index (χ4v) is 2.18. The molecule has 1 N–H and O–H groups in total. The lowest BCUT2D eigenvalue weighted by atomic mass is 10.0. The van der Waals surface area contributed by atoms with Gasteiger partial charge in [0.2, 0.25) is 0 Å². The minimum atomic E-state index is -0.0452. The summed E-state index contributed by atoms with van der Waals surface area (Å²) in [5.41, 5.74) is 5.63. The maximum atomic E-state index is 8.93. The van der Waals surface area contributed by atoms with Gasteiger partial charge in [-0.1, -0.05) is 17.7 Å². The highest BCUT2D eigenvalue weighted by atomic mass is 16.5. The highest BCUT2D eigenvalue weighted by Crippen LogP contribution is 2.19. The standard InChI is InChI=1S/C16H19NO2/c1-11-6-12(2)16(13(3)7-11)10-19-15-5-4-14(9-18)17-8-15/h4-8,18H,9-10H2,1-3H3. The van der Waals surface area contributed by atoms with E-state index in [0.29, 0.717) is 12.3 Å². The molecular formula is C16H19NO2. The average Bonchev–Trinajstić information content (AvgIpc) is 2.38. The topological polar surface area (TPSA) is 42.4 Å². The van der Waals surface area contributed by atoms with Crippen LogP contribution in [0.4, 0.5) is 0 Å². The number of aromatic nitrogens is 1. The average molecular weight is 257 g/mol. The van der Waals surface area contributed by atoms with E-state index in [2.05, 4.69) is 37.9 Å². The fraction of sp³-hybridized carbons (Fsp3) is 0.312. The van der Waals surface area contributed by atoms with Crippen LogP contribution in [0.5, 0.6) is 5.75 Å². The van der Waals surface area contributed by atoms with Crippen LogP contribution in [0.1, 0.15) is 27.9 Å². The lowest BCUT2D eigenvalue weighted by Gasteiger charge is -2.12. The molecule has 0 spiro atoms. The molecular weight excluding hydrogens is 238 g/mol. The van der Waals surface area contributed by atoms with Gasteiger partial charge in [-0.25, -0.2) is 0 Å². The summed E-state index contributed by atoms with van der Waals surface area (Å²) in [5, 5.41) is 8.93. The first-order chi connectivity index (χ1) is 9.10. The Balaban J connectivity index is 2.10. The van der Waals surface area contributed by atoms with Crippen molar-refractivity contribution >= 4 is 0 Å². The zero-order valence-electron chi connectivity index (χ0n) is 11.6. The van der Waals surface area contributed by atoms with Crippen LogP contribution in [-0.4, -0.2) is 10.1 Å². The molecule has 19 heavy (non-hydrogen) atoms. The molecule has 0 fully saturated rings. The van der Waals surface area contributed by atoms with E-state index in [1.54, 1.807) is 12.3 Å². The van der Waals surface area contributed by atoms with E-state index >= 15 is 0 Å². The molecule has 0 saturated heterocycles. The summed E-state index contributed by atoms with van der Waals surface area (Å²) in [6.45, 7) is 6.80. The number of benzene rings is 1. The summed E-state index contributed by atoms with van der Waals surface area (Å²) in [5.74, 6) is 0.719. The van der Waals surface area contributed by atoms with Crippen LogP contribution in [0.3, 0.4) is 0 Å². The molecule has 1 heterocycles. The van der Waals surface area contributed by atoms with Gasteiger partial charge in [-0.2, -0.15) is 0 Å². The minimum Gasteiger partial charge on any atom is -0.487 e.